The maximum atomic E-state index is 14.2. The summed E-state index contributed by atoms with van der Waals surface area (Å²) in [5.74, 6) is 0. The molecule has 6 aromatic rings. The van der Waals surface area contributed by atoms with Crippen LogP contribution in [0.2, 0.25) is 0 Å². The van der Waals surface area contributed by atoms with Gasteiger partial charge in [0.1, 0.15) is 6.15 Å². The first-order chi connectivity index (χ1) is 32.1. The van der Waals surface area contributed by atoms with E-state index in [0.717, 1.165) is 11.0 Å². The molecule has 0 bridgehead atoms. The fourth-order valence-corrected chi connectivity index (χ4v) is 7.59. The van der Waals surface area contributed by atoms with Gasteiger partial charge in [0.25, 0.3) is 0 Å². The lowest BCUT2D eigenvalue weighted by molar-refractivity contribution is -0.688. The van der Waals surface area contributed by atoms with Crippen LogP contribution in [0.25, 0.3) is 0 Å². The predicted octanol–water partition coefficient (Wildman–Crippen LogP) is 13.4. The monoisotopic (exact) mass is 1110 g/mol. The second-order valence-electron chi connectivity index (χ2n) is 15.3. The molecule has 0 aliphatic carbocycles. The van der Waals surface area contributed by atoms with Crippen molar-refractivity contribution in [1.82, 2.24) is 4.98 Å². The van der Waals surface area contributed by atoms with Crippen LogP contribution in [0.4, 0.5) is 105 Å². The number of alkyl halides is 24. The maximum Gasteiger partial charge on any atom is 0.416 e. The summed E-state index contributed by atoms with van der Waals surface area (Å²) in [5.41, 5.74) is -28.9. The molecular formula is C43H22BBrF24N2. The van der Waals surface area contributed by atoms with E-state index < -0.39 is 195 Å². The van der Waals surface area contributed by atoms with E-state index in [2.05, 4.69) is 49.7 Å². The Balaban J connectivity index is 0.000000569. The van der Waals surface area contributed by atoms with Crippen LogP contribution in [0.1, 0.15) is 50.1 Å². The van der Waals surface area contributed by atoms with Crippen LogP contribution < -0.4 is 26.4 Å². The summed E-state index contributed by atoms with van der Waals surface area (Å²) in [6.07, 6.45) is -47.3. The molecule has 1 heterocycles. The van der Waals surface area contributed by atoms with E-state index in [1.807, 2.05) is 12.4 Å². The molecule has 71 heavy (non-hydrogen) atoms. The van der Waals surface area contributed by atoms with Gasteiger partial charge in [-0.2, -0.15) is 132 Å². The van der Waals surface area contributed by atoms with Crippen LogP contribution in [0.5, 0.6) is 0 Å². The highest BCUT2D eigenvalue weighted by Gasteiger charge is 2.47. The molecule has 2 nitrogen and oxygen atoms in total. The van der Waals surface area contributed by atoms with Gasteiger partial charge >= 0.3 is 49.4 Å². The van der Waals surface area contributed by atoms with E-state index in [4.69, 9.17) is 0 Å². The lowest BCUT2D eigenvalue weighted by Crippen LogP contribution is -2.75. The third kappa shape index (κ3) is 13.3. The average Bonchev–Trinajstić information content (AvgIpc) is 3.22. The standard InChI is InChI=1S/C32H12BF24.C11H10BrN2/c34-25(35,36)13-1-14(26(37,38)39)6-21(5-13)33(22-7-15(27(40,41)42)2-16(8-22)28(43,44)45,23-9-17(29(46,47)48)3-18(10-23)30(49,50)51)24-11-19(31(52,53)54)4-20(12-24)32(55,56)57;12-11-3-1-10(2-4-11)9-14-7-5-13-6-8-14/h1-12H;1-8H,9H2/q-1;+1. The van der Waals surface area contributed by atoms with Gasteiger partial charge in [-0.1, -0.05) is 76.6 Å². The first-order valence-electron chi connectivity index (χ1n) is 19.0. The van der Waals surface area contributed by atoms with Crippen LogP contribution >= 0.6 is 15.9 Å². The Kier molecular flexibility index (Phi) is 15.2. The highest BCUT2D eigenvalue weighted by Crippen LogP contribution is 2.41. The van der Waals surface area contributed by atoms with Gasteiger partial charge in [-0.05, 0) is 36.4 Å². The van der Waals surface area contributed by atoms with Crippen LogP contribution in [0, 0.1) is 0 Å². The van der Waals surface area contributed by atoms with Crippen molar-refractivity contribution in [3.8, 4) is 0 Å². The number of benzene rings is 5. The minimum atomic E-state index is -6.13. The molecule has 0 saturated heterocycles. The van der Waals surface area contributed by atoms with Crippen molar-refractivity contribution in [3.63, 3.8) is 0 Å². The van der Waals surface area contributed by atoms with Gasteiger partial charge in [0.15, 0.2) is 18.9 Å². The molecule has 6 rings (SSSR count). The predicted molar refractivity (Wildman–Crippen MR) is 208 cm³/mol. The van der Waals surface area contributed by atoms with Crippen molar-refractivity contribution in [2.75, 3.05) is 0 Å². The van der Waals surface area contributed by atoms with Gasteiger partial charge in [-0.15, -0.1) is 0 Å². The SMILES string of the molecule is Brc1ccc(C[n+]2ccncc2)cc1.FC(F)(F)c1cc([B-](c2cc(C(F)(F)F)cc(C(F)(F)F)c2)(c2cc(C(F)(F)F)cc(C(F)(F)F)c2)c2cc(C(F)(F)F)cc(C(F)(F)F)c2)cc(C(F)(F)F)c1. The Labute approximate surface area is 390 Å². The summed E-state index contributed by atoms with van der Waals surface area (Å²) in [4.78, 5) is 3.97. The van der Waals surface area contributed by atoms with Gasteiger partial charge in [-0.25, -0.2) is 0 Å². The van der Waals surface area contributed by atoms with E-state index >= 15 is 0 Å². The summed E-state index contributed by atoms with van der Waals surface area (Å²) in [6.45, 7) is 0.885. The van der Waals surface area contributed by atoms with E-state index in [0.29, 0.717) is 0 Å². The number of hydrogen-bond acceptors (Lipinski definition) is 1. The number of nitrogens with zero attached hydrogens (tertiary/aromatic N) is 2. The minimum Gasteiger partial charge on any atom is -0.252 e. The molecule has 0 aliphatic heterocycles. The molecular weight excluding hydrogens is 1090 g/mol. The zero-order valence-corrected chi connectivity index (χ0v) is 35.8. The normalized spacial score (nSPS) is 13.5. The fraction of sp³-hybridized carbons (Fsp3) is 0.209. The number of hydrogen-bond donors (Lipinski definition) is 0. The van der Waals surface area contributed by atoms with Gasteiger partial charge in [0, 0.05) is 10.0 Å². The lowest BCUT2D eigenvalue weighted by Gasteiger charge is -2.46. The van der Waals surface area contributed by atoms with Gasteiger partial charge in [0.05, 0.1) is 56.9 Å². The number of aromatic nitrogens is 2. The Morgan fingerprint density at radius 1 is 0.338 bits per heavy atom. The van der Waals surface area contributed by atoms with E-state index in [1.54, 1.807) is 12.4 Å². The zero-order chi connectivity index (χ0) is 53.7. The average molecular weight is 1110 g/mol. The molecule has 1 aromatic heterocycles. The molecule has 0 amide bonds. The topological polar surface area (TPSA) is 16.8 Å². The summed E-state index contributed by atoms with van der Waals surface area (Å²) in [5, 5.41) is 0. The summed E-state index contributed by atoms with van der Waals surface area (Å²) in [6, 6.07) is -0.488. The Morgan fingerprint density at radius 3 is 0.746 bits per heavy atom. The Hall–Kier alpha value is -5.96. The van der Waals surface area contributed by atoms with Crippen molar-refractivity contribution in [1.29, 1.82) is 0 Å². The van der Waals surface area contributed by atoms with Crippen LogP contribution in [0.3, 0.4) is 0 Å². The molecule has 0 atom stereocenters. The first-order valence-corrected chi connectivity index (χ1v) is 19.8. The lowest BCUT2D eigenvalue weighted by atomic mass is 9.12. The van der Waals surface area contributed by atoms with Gasteiger partial charge < -0.3 is 0 Å². The molecule has 0 spiro atoms. The Bertz CT molecular complexity index is 2400. The highest BCUT2D eigenvalue weighted by molar-refractivity contribution is 9.10. The quantitative estimate of drug-likeness (QED) is 0.0923. The summed E-state index contributed by atoms with van der Waals surface area (Å²) < 4.78 is 344. The van der Waals surface area contributed by atoms with Crippen molar-refractivity contribution < 1.29 is 110 Å². The van der Waals surface area contributed by atoms with E-state index in [-0.39, 0.29) is 0 Å². The van der Waals surface area contributed by atoms with E-state index in [1.165, 1.54) is 5.56 Å². The van der Waals surface area contributed by atoms with Crippen LogP contribution in [-0.2, 0) is 56.0 Å². The molecule has 0 aliphatic rings. The molecule has 0 N–H and O–H groups in total. The molecule has 28 heteroatoms. The smallest absolute Gasteiger partial charge is 0.252 e. The van der Waals surface area contributed by atoms with Crippen LogP contribution in [-0.4, -0.2) is 11.1 Å². The van der Waals surface area contributed by atoms with Crippen molar-refractivity contribution in [2.24, 2.45) is 0 Å². The highest BCUT2D eigenvalue weighted by atomic mass is 79.9. The summed E-state index contributed by atoms with van der Waals surface area (Å²) >= 11 is 3.41. The Morgan fingerprint density at radius 2 is 0.549 bits per heavy atom. The minimum absolute atomic E-state index is 0.691. The molecule has 0 unspecified atom stereocenters. The van der Waals surface area contributed by atoms with Crippen molar-refractivity contribution in [3.05, 3.63) is 176 Å². The van der Waals surface area contributed by atoms with E-state index in [9.17, 15) is 105 Å². The number of halogens is 25. The first kappa shape index (κ1) is 56.0. The number of rotatable bonds is 6. The van der Waals surface area contributed by atoms with Crippen LogP contribution in [0.15, 0.2) is 126 Å². The molecule has 5 aromatic carbocycles. The van der Waals surface area contributed by atoms with Crippen molar-refractivity contribution >= 4 is 43.9 Å². The molecule has 0 radical (unpaired) electrons. The van der Waals surface area contributed by atoms with Crippen molar-refractivity contribution in [2.45, 2.75) is 56.0 Å². The maximum absolute atomic E-state index is 14.2. The third-order valence-electron chi connectivity index (χ3n) is 10.4. The third-order valence-corrected chi connectivity index (χ3v) is 10.9. The second kappa shape index (κ2) is 19.2. The molecule has 382 valence electrons. The second-order valence-corrected chi connectivity index (χ2v) is 16.2. The van der Waals surface area contributed by atoms with Gasteiger partial charge in [-0.3, -0.25) is 4.98 Å². The zero-order valence-electron chi connectivity index (χ0n) is 34.2. The summed E-state index contributed by atoms with van der Waals surface area (Å²) in [7, 11) is 0. The fourth-order valence-electron chi connectivity index (χ4n) is 7.32. The largest absolute Gasteiger partial charge is 0.416 e. The molecule has 0 fully saturated rings. The van der Waals surface area contributed by atoms with Gasteiger partial charge in [0.2, 0.25) is 0 Å². The molecule has 0 saturated carbocycles.